The van der Waals surface area contributed by atoms with Crippen LogP contribution >= 0.6 is 0 Å². The lowest BCUT2D eigenvalue weighted by atomic mass is 10.1. The smallest absolute Gasteiger partial charge is 0.275 e. The minimum absolute atomic E-state index is 0.0145. The van der Waals surface area contributed by atoms with E-state index >= 15 is 0 Å². The highest BCUT2D eigenvalue weighted by molar-refractivity contribution is 5.94. The second-order valence-corrected chi connectivity index (χ2v) is 6.98. The van der Waals surface area contributed by atoms with Crippen LogP contribution in [0.15, 0.2) is 59.3 Å². The van der Waals surface area contributed by atoms with Crippen molar-refractivity contribution in [2.45, 2.75) is 25.3 Å². The van der Waals surface area contributed by atoms with Crippen LogP contribution in [-0.2, 0) is 0 Å². The molecule has 1 aliphatic heterocycles. The Morgan fingerprint density at radius 1 is 1.14 bits per heavy atom. The van der Waals surface area contributed by atoms with Gasteiger partial charge in [-0.05, 0) is 50.2 Å². The fraction of sp³-hybridized carbons (Fsp3) is 0.333. The molecule has 0 radical (unpaired) electrons. The van der Waals surface area contributed by atoms with E-state index in [9.17, 15) is 9.90 Å². The fourth-order valence-electron chi connectivity index (χ4n) is 3.63. The van der Waals surface area contributed by atoms with Crippen LogP contribution in [0.25, 0.3) is 5.69 Å². The number of nitrogens with one attached hydrogen (secondary N) is 1. The average molecular weight is 380 g/mol. The van der Waals surface area contributed by atoms with Crippen molar-refractivity contribution in [2.75, 3.05) is 19.6 Å². The van der Waals surface area contributed by atoms with Crippen LogP contribution < -0.4 is 5.32 Å². The molecule has 28 heavy (non-hydrogen) atoms. The monoisotopic (exact) mass is 380 g/mol. The Labute approximate surface area is 163 Å². The van der Waals surface area contributed by atoms with Gasteiger partial charge in [0.25, 0.3) is 5.91 Å². The minimum Gasteiger partial charge on any atom is -0.504 e. The van der Waals surface area contributed by atoms with E-state index in [1.165, 1.54) is 17.3 Å². The molecule has 2 aromatic heterocycles. The van der Waals surface area contributed by atoms with Gasteiger partial charge < -0.3 is 14.8 Å². The van der Waals surface area contributed by atoms with Gasteiger partial charge in [-0.15, -0.1) is 0 Å². The van der Waals surface area contributed by atoms with Gasteiger partial charge in [-0.1, -0.05) is 24.6 Å². The first-order valence-corrected chi connectivity index (χ1v) is 9.62. The SMILES string of the molecule is O=C(NCC(c1ccco1)N1CCCCC1)c1nn(-c2ccccc2)cc1O. The number of hydrogen-bond donors (Lipinski definition) is 2. The lowest BCUT2D eigenvalue weighted by molar-refractivity contribution is 0.0906. The van der Waals surface area contributed by atoms with Crippen molar-refractivity contribution < 1.29 is 14.3 Å². The highest BCUT2D eigenvalue weighted by Gasteiger charge is 2.26. The first-order chi connectivity index (χ1) is 13.7. The standard InChI is InChI=1S/C21H24N4O3/c26-18-15-25(16-8-3-1-4-9-16)23-20(18)21(27)22-14-17(19-10-7-13-28-19)24-11-5-2-6-12-24/h1,3-4,7-10,13,15,17,26H,2,5-6,11-12,14H2,(H,22,27). The summed E-state index contributed by atoms with van der Waals surface area (Å²) in [4.78, 5) is 15.0. The Morgan fingerprint density at radius 2 is 1.93 bits per heavy atom. The van der Waals surface area contributed by atoms with Crippen molar-refractivity contribution in [3.8, 4) is 11.4 Å². The van der Waals surface area contributed by atoms with E-state index in [0.717, 1.165) is 37.4 Å². The Morgan fingerprint density at radius 3 is 2.64 bits per heavy atom. The molecule has 1 unspecified atom stereocenters. The molecule has 0 saturated carbocycles. The molecule has 3 aromatic rings. The van der Waals surface area contributed by atoms with Gasteiger partial charge in [-0.2, -0.15) is 5.10 Å². The van der Waals surface area contributed by atoms with E-state index in [1.54, 1.807) is 6.26 Å². The van der Waals surface area contributed by atoms with E-state index in [0.29, 0.717) is 6.54 Å². The molecule has 7 heteroatoms. The molecule has 2 N–H and O–H groups in total. The maximum Gasteiger partial charge on any atom is 0.275 e. The fourth-order valence-corrected chi connectivity index (χ4v) is 3.63. The molecule has 1 fully saturated rings. The van der Waals surface area contributed by atoms with Gasteiger partial charge in [0.05, 0.1) is 24.2 Å². The molecular weight excluding hydrogens is 356 g/mol. The summed E-state index contributed by atoms with van der Waals surface area (Å²) < 4.78 is 7.11. The Kier molecular flexibility index (Phi) is 5.43. The normalized spacial score (nSPS) is 16.0. The van der Waals surface area contributed by atoms with E-state index in [4.69, 9.17) is 4.42 Å². The summed E-state index contributed by atoms with van der Waals surface area (Å²) in [5.74, 6) is 0.288. The number of amides is 1. The highest BCUT2D eigenvalue weighted by Crippen LogP contribution is 2.25. The summed E-state index contributed by atoms with van der Waals surface area (Å²) >= 11 is 0. The van der Waals surface area contributed by atoms with E-state index in [-0.39, 0.29) is 17.5 Å². The quantitative estimate of drug-likeness (QED) is 0.686. The molecule has 0 aliphatic carbocycles. The summed E-state index contributed by atoms with van der Waals surface area (Å²) in [7, 11) is 0. The van der Waals surface area contributed by atoms with Crippen LogP contribution in [0.3, 0.4) is 0 Å². The number of rotatable bonds is 6. The molecule has 1 aromatic carbocycles. The first kappa shape index (κ1) is 18.3. The van der Waals surface area contributed by atoms with Crippen LogP contribution in [0.4, 0.5) is 0 Å². The van der Waals surface area contributed by atoms with Gasteiger partial charge in [0.1, 0.15) is 5.76 Å². The van der Waals surface area contributed by atoms with Crippen molar-refractivity contribution >= 4 is 5.91 Å². The topological polar surface area (TPSA) is 83.5 Å². The third-order valence-electron chi connectivity index (χ3n) is 5.09. The first-order valence-electron chi connectivity index (χ1n) is 9.62. The number of piperidine rings is 1. The number of hydrogen-bond acceptors (Lipinski definition) is 5. The van der Waals surface area contributed by atoms with E-state index < -0.39 is 5.91 Å². The Hall–Kier alpha value is -3.06. The van der Waals surface area contributed by atoms with Gasteiger partial charge in [0.15, 0.2) is 11.4 Å². The summed E-state index contributed by atoms with van der Waals surface area (Å²) in [6.45, 7) is 2.36. The lowest BCUT2D eigenvalue weighted by Crippen LogP contribution is -2.40. The lowest BCUT2D eigenvalue weighted by Gasteiger charge is -2.33. The van der Waals surface area contributed by atoms with Crippen molar-refractivity contribution in [2.24, 2.45) is 0 Å². The second-order valence-electron chi connectivity index (χ2n) is 6.98. The summed E-state index contributed by atoms with van der Waals surface area (Å²) in [5, 5.41) is 17.4. The average Bonchev–Trinajstić information content (AvgIpc) is 3.40. The van der Waals surface area contributed by atoms with Gasteiger partial charge in [-0.25, -0.2) is 4.68 Å². The van der Waals surface area contributed by atoms with Gasteiger partial charge in [-0.3, -0.25) is 9.69 Å². The predicted octanol–water partition coefficient (Wildman–Crippen LogP) is 3.13. The van der Waals surface area contributed by atoms with Crippen LogP contribution in [0.1, 0.15) is 41.6 Å². The van der Waals surface area contributed by atoms with Crippen LogP contribution in [-0.4, -0.2) is 45.3 Å². The Bertz CT molecular complexity index is 899. The zero-order valence-corrected chi connectivity index (χ0v) is 15.6. The molecule has 7 nitrogen and oxygen atoms in total. The summed E-state index contributed by atoms with van der Waals surface area (Å²) in [6.07, 6.45) is 6.62. The number of aromatic nitrogens is 2. The number of nitrogens with zero attached hydrogens (tertiary/aromatic N) is 3. The van der Waals surface area contributed by atoms with Crippen molar-refractivity contribution in [1.82, 2.24) is 20.0 Å². The third kappa shape index (κ3) is 3.94. The second kappa shape index (κ2) is 8.31. The molecule has 146 valence electrons. The van der Waals surface area contributed by atoms with Crippen LogP contribution in [0.5, 0.6) is 5.75 Å². The van der Waals surface area contributed by atoms with E-state index in [2.05, 4.69) is 15.3 Å². The van der Waals surface area contributed by atoms with Gasteiger partial charge in [0, 0.05) is 6.54 Å². The molecule has 0 bridgehead atoms. The number of carbonyl (C=O) groups excluding carboxylic acids is 1. The number of likely N-dealkylation sites (tertiary alicyclic amines) is 1. The number of benzene rings is 1. The van der Waals surface area contributed by atoms with Crippen molar-refractivity contribution in [1.29, 1.82) is 0 Å². The zero-order valence-electron chi connectivity index (χ0n) is 15.6. The number of aromatic hydroxyl groups is 1. The van der Waals surface area contributed by atoms with Crippen molar-refractivity contribution in [3.63, 3.8) is 0 Å². The minimum atomic E-state index is -0.402. The predicted molar refractivity (Wildman–Crippen MR) is 104 cm³/mol. The molecule has 3 heterocycles. The molecule has 4 rings (SSSR count). The maximum absolute atomic E-state index is 12.7. The number of para-hydroxylation sites is 1. The molecule has 1 atom stereocenters. The molecule has 1 aliphatic rings. The molecular formula is C21H24N4O3. The highest BCUT2D eigenvalue weighted by atomic mass is 16.3. The van der Waals surface area contributed by atoms with Crippen LogP contribution in [0.2, 0.25) is 0 Å². The summed E-state index contributed by atoms with van der Waals surface area (Å²) in [6, 6.07) is 13.1. The molecule has 0 spiro atoms. The number of furan rings is 1. The number of carbonyl (C=O) groups is 1. The van der Waals surface area contributed by atoms with Gasteiger partial charge >= 0.3 is 0 Å². The Balaban J connectivity index is 1.47. The molecule has 1 saturated heterocycles. The van der Waals surface area contributed by atoms with Gasteiger partial charge in [0.2, 0.25) is 0 Å². The third-order valence-corrected chi connectivity index (χ3v) is 5.09. The summed E-state index contributed by atoms with van der Waals surface area (Å²) in [5.41, 5.74) is 0.791. The molecule has 1 amide bonds. The largest absolute Gasteiger partial charge is 0.504 e. The van der Waals surface area contributed by atoms with Crippen LogP contribution in [0, 0.1) is 0 Å². The van der Waals surface area contributed by atoms with E-state index in [1.807, 2.05) is 42.5 Å². The van der Waals surface area contributed by atoms with Crippen molar-refractivity contribution in [3.05, 3.63) is 66.4 Å². The maximum atomic E-state index is 12.7. The zero-order chi connectivity index (χ0) is 19.3.